The molecule has 0 radical (unpaired) electrons. The van der Waals surface area contributed by atoms with Crippen molar-refractivity contribution in [3.63, 3.8) is 0 Å². The van der Waals surface area contributed by atoms with Crippen molar-refractivity contribution in [3.8, 4) is 0 Å². The van der Waals surface area contributed by atoms with Gasteiger partial charge in [-0.15, -0.1) is 0 Å². The molecular weight excluding hydrogens is 182 g/mol. The smallest absolute Gasteiger partial charge is 0.339 e. The minimum atomic E-state index is -1.17. The van der Waals surface area contributed by atoms with Crippen molar-refractivity contribution in [3.05, 3.63) is 36.1 Å². The van der Waals surface area contributed by atoms with E-state index in [4.69, 9.17) is 10.2 Å². The van der Waals surface area contributed by atoms with Gasteiger partial charge in [-0.3, -0.25) is 0 Å². The van der Waals surface area contributed by atoms with Crippen LogP contribution in [0.4, 0.5) is 0 Å². The summed E-state index contributed by atoms with van der Waals surface area (Å²) in [4.78, 5) is 13.6. The maximum absolute atomic E-state index is 10.4. The van der Waals surface area contributed by atoms with Gasteiger partial charge in [0.25, 0.3) is 0 Å². The molecule has 0 heterocycles. The predicted molar refractivity (Wildman–Crippen MR) is 57.8 cm³/mol. The highest BCUT2D eigenvalue weighted by Crippen LogP contribution is 2.05. The van der Waals surface area contributed by atoms with E-state index in [2.05, 4.69) is 18.3 Å². The van der Waals surface area contributed by atoms with Crippen molar-refractivity contribution in [1.82, 2.24) is 0 Å². The normalized spacial score (nSPS) is 11.0. The number of aliphatic carboxylic acids is 1. The van der Waals surface area contributed by atoms with Crippen LogP contribution in [-0.4, -0.2) is 29.9 Å². The highest BCUT2D eigenvalue weighted by atomic mass is 16.4. The molecule has 0 aliphatic carbocycles. The lowest BCUT2D eigenvalue weighted by Gasteiger charge is -1.97. The monoisotopic (exact) mass is 197 g/mol. The molecule has 0 fully saturated rings. The third-order valence-electron chi connectivity index (χ3n) is 1.06. The van der Waals surface area contributed by atoms with Crippen LogP contribution >= 0.6 is 0 Å². The summed E-state index contributed by atoms with van der Waals surface area (Å²) in [6.45, 7) is 7.98. The molecule has 4 heteroatoms. The van der Waals surface area contributed by atoms with Crippen LogP contribution in [0.2, 0.25) is 0 Å². The molecule has 0 aromatic heterocycles. The van der Waals surface area contributed by atoms with Gasteiger partial charge in [0.05, 0.1) is 0 Å². The number of hydrogen-bond donors (Lipinski definition) is 2. The first-order valence-electron chi connectivity index (χ1n) is 3.81. The zero-order chi connectivity index (χ0) is 11.6. The molecule has 4 nitrogen and oxygen atoms in total. The lowest BCUT2D eigenvalue weighted by atomic mass is 10.2. The molecule has 0 unspecified atom stereocenters. The minimum absolute atomic E-state index is 0.150. The highest BCUT2D eigenvalue weighted by Gasteiger charge is 2.09. The molecule has 78 valence electrons. The SMILES string of the molecule is C=C/C=C(C(=O)O)\C(O)=C/C.C=NC. The predicted octanol–water partition coefficient (Wildman–Crippen LogP) is 1.96. The van der Waals surface area contributed by atoms with Gasteiger partial charge in [-0.2, -0.15) is 0 Å². The molecule has 0 saturated heterocycles. The Morgan fingerprint density at radius 3 is 2.07 bits per heavy atom. The number of carboxylic acid groups (broad SMARTS) is 1. The Morgan fingerprint density at radius 1 is 1.43 bits per heavy atom. The average molecular weight is 197 g/mol. The molecule has 0 atom stereocenters. The zero-order valence-corrected chi connectivity index (χ0v) is 8.40. The standard InChI is InChI=1S/C8H10O3.C2H5N/c1-3-5-6(8(10)11)7(9)4-2;1-3-2/h3-5,9H,1H2,2H3,(H,10,11);1H2,2H3/b6-5+,7-4+;. The maximum Gasteiger partial charge on any atom is 0.339 e. The molecule has 0 aromatic carbocycles. The number of aliphatic hydroxyl groups is 1. The fourth-order valence-corrected chi connectivity index (χ4v) is 0.540. The summed E-state index contributed by atoms with van der Waals surface area (Å²) in [7, 11) is 1.64. The van der Waals surface area contributed by atoms with Gasteiger partial charge in [0.1, 0.15) is 11.3 Å². The molecule has 0 saturated carbocycles. The van der Waals surface area contributed by atoms with Crippen LogP contribution in [0.1, 0.15) is 6.92 Å². The lowest BCUT2D eigenvalue weighted by molar-refractivity contribution is -0.132. The molecule has 0 amide bonds. The minimum Gasteiger partial charge on any atom is -0.507 e. The molecule has 0 aliphatic rings. The van der Waals surface area contributed by atoms with Crippen LogP contribution in [0, 0.1) is 0 Å². The molecule has 14 heavy (non-hydrogen) atoms. The second kappa shape index (κ2) is 9.25. The lowest BCUT2D eigenvalue weighted by Crippen LogP contribution is -2.02. The first-order valence-corrected chi connectivity index (χ1v) is 3.81. The molecule has 0 bridgehead atoms. The van der Waals surface area contributed by atoms with Crippen molar-refractivity contribution >= 4 is 12.7 Å². The molecule has 0 aliphatic heterocycles. The van der Waals surface area contributed by atoms with E-state index in [1.807, 2.05) is 0 Å². The van der Waals surface area contributed by atoms with Crippen molar-refractivity contribution in [2.75, 3.05) is 7.05 Å². The highest BCUT2D eigenvalue weighted by molar-refractivity contribution is 5.91. The Kier molecular flexibility index (Phi) is 9.69. The summed E-state index contributed by atoms with van der Waals surface area (Å²) in [5.41, 5.74) is -0.150. The second-order valence-electron chi connectivity index (χ2n) is 2.11. The number of rotatable bonds is 3. The van der Waals surface area contributed by atoms with E-state index in [9.17, 15) is 4.79 Å². The van der Waals surface area contributed by atoms with Gasteiger partial charge in [-0.1, -0.05) is 12.7 Å². The van der Waals surface area contributed by atoms with Crippen LogP contribution in [0.5, 0.6) is 0 Å². The van der Waals surface area contributed by atoms with E-state index >= 15 is 0 Å². The van der Waals surface area contributed by atoms with Crippen molar-refractivity contribution in [2.45, 2.75) is 6.92 Å². The number of carboxylic acids is 1. The number of aliphatic imine (C=N–C) groups is 1. The topological polar surface area (TPSA) is 69.9 Å². The van der Waals surface area contributed by atoms with E-state index in [0.717, 1.165) is 0 Å². The molecule has 0 aromatic rings. The summed E-state index contributed by atoms with van der Waals surface area (Å²) in [5.74, 6) is -1.42. The van der Waals surface area contributed by atoms with E-state index in [1.54, 1.807) is 14.0 Å². The second-order valence-corrected chi connectivity index (χ2v) is 2.11. The molecular formula is C10H15NO3. The summed E-state index contributed by atoms with van der Waals surface area (Å²) in [6.07, 6.45) is 3.85. The first kappa shape index (κ1) is 14.7. The van der Waals surface area contributed by atoms with Gasteiger partial charge >= 0.3 is 5.97 Å². The van der Waals surface area contributed by atoms with Gasteiger partial charge in [0.15, 0.2) is 0 Å². The quantitative estimate of drug-likeness (QED) is 0.314. The van der Waals surface area contributed by atoms with E-state index < -0.39 is 5.97 Å². The van der Waals surface area contributed by atoms with Crippen molar-refractivity contribution in [1.29, 1.82) is 0 Å². The van der Waals surface area contributed by atoms with Gasteiger partial charge in [-0.05, 0) is 25.8 Å². The van der Waals surface area contributed by atoms with Crippen LogP contribution in [-0.2, 0) is 4.79 Å². The third-order valence-corrected chi connectivity index (χ3v) is 1.06. The van der Waals surface area contributed by atoms with E-state index in [-0.39, 0.29) is 11.3 Å². The average Bonchev–Trinajstić information content (AvgIpc) is 2.14. The first-order chi connectivity index (χ1) is 6.54. The van der Waals surface area contributed by atoms with E-state index in [1.165, 1.54) is 18.2 Å². The Bertz CT molecular complexity index is 265. The molecule has 2 N–H and O–H groups in total. The summed E-state index contributed by atoms with van der Waals surface area (Å²) >= 11 is 0. The number of aliphatic hydroxyl groups excluding tert-OH is 1. The molecule has 0 spiro atoms. The summed E-state index contributed by atoms with van der Waals surface area (Å²) < 4.78 is 0. The molecule has 0 rings (SSSR count). The Morgan fingerprint density at radius 2 is 1.86 bits per heavy atom. The van der Waals surface area contributed by atoms with Gasteiger partial charge < -0.3 is 15.2 Å². The van der Waals surface area contributed by atoms with Gasteiger partial charge in [0, 0.05) is 7.05 Å². The van der Waals surface area contributed by atoms with Crippen LogP contribution in [0.25, 0.3) is 0 Å². The summed E-state index contributed by atoms with van der Waals surface area (Å²) in [5, 5.41) is 17.5. The zero-order valence-electron chi connectivity index (χ0n) is 8.40. The largest absolute Gasteiger partial charge is 0.507 e. The fourth-order valence-electron chi connectivity index (χ4n) is 0.540. The number of carbonyl (C=O) groups is 1. The Labute approximate surface area is 83.6 Å². The van der Waals surface area contributed by atoms with Crippen LogP contribution < -0.4 is 0 Å². The van der Waals surface area contributed by atoms with E-state index in [0.29, 0.717) is 0 Å². The number of allylic oxidation sites excluding steroid dienone is 3. The van der Waals surface area contributed by atoms with Crippen LogP contribution in [0.3, 0.4) is 0 Å². The number of hydrogen-bond acceptors (Lipinski definition) is 3. The van der Waals surface area contributed by atoms with Crippen molar-refractivity contribution in [2.24, 2.45) is 4.99 Å². The van der Waals surface area contributed by atoms with Gasteiger partial charge in [-0.25, -0.2) is 4.79 Å². The van der Waals surface area contributed by atoms with Crippen LogP contribution in [0.15, 0.2) is 41.1 Å². The fraction of sp³-hybridized carbons (Fsp3) is 0.200. The summed E-state index contributed by atoms with van der Waals surface area (Å²) in [6, 6.07) is 0. The number of nitrogens with zero attached hydrogens (tertiary/aromatic N) is 1. The van der Waals surface area contributed by atoms with Gasteiger partial charge in [0.2, 0.25) is 0 Å². The van der Waals surface area contributed by atoms with Crippen molar-refractivity contribution < 1.29 is 15.0 Å². The Hall–Kier alpha value is -1.84. The maximum atomic E-state index is 10.4. The third kappa shape index (κ3) is 6.84. The Balaban J connectivity index is 0.